The summed E-state index contributed by atoms with van der Waals surface area (Å²) in [4.78, 5) is 13.9. The van der Waals surface area contributed by atoms with Gasteiger partial charge in [0.2, 0.25) is 11.8 Å². The molecule has 1 saturated carbocycles. The molecule has 0 unspecified atom stereocenters. The van der Waals surface area contributed by atoms with E-state index in [9.17, 15) is 5.11 Å². The predicted molar refractivity (Wildman–Crippen MR) is 126 cm³/mol. The molecule has 174 valence electrons. The molecule has 2 fully saturated rings. The maximum Gasteiger partial charge on any atom is 0.253 e. The second-order valence-corrected chi connectivity index (χ2v) is 8.58. The summed E-state index contributed by atoms with van der Waals surface area (Å²) >= 11 is 0. The van der Waals surface area contributed by atoms with Gasteiger partial charge in [0.05, 0.1) is 18.4 Å². The first-order valence-corrected chi connectivity index (χ1v) is 11.5. The second kappa shape index (κ2) is 8.69. The number of rotatable bonds is 7. The fraction of sp³-hybridized carbons (Fsp3) is 0.333. The van der Waals surface area contributed by atoms with Crippen molar-refractivity contribution in [3.8, 4) is 17.2 Å². The van der Waals surface area contributed by atoms with Crippen molar-refractivity contribution in [2.75, 3.05) is 41.3 Å². The summed E-state index contributed by atoms with van der Waals surface area (Å²) in [6.45, 7) is 3.71. The van der Waals surface area contributed by atoms with Gasteiger partial charge in [-0.3, -0.25) is 0 Å². The summed E-state index contributed by atoms with van der Waals surface area (Å²) in [5, 5.41) is 21.4. The van der Waals surface area contributed by atoms with Gasteiger partial charge in [0.1, 0.15) is 17.3 Å². The van der Waals surface area contributed by atoms with Crippen LogP contribution in [0.25, 0.3) is 11.5 Å². The van der Waals surface area contributed by atoms with Gasteiger partial charge in [0, 0.05) is 44.0 Å². The van der Waals surface area contributed by atoms with Crippen LogP contribution >= 0.6 is 0 Å². The number of hydrogen-bond donors (Lipinski definition) is 2. The SMILES string of the molecule is Oc1ccc(N2CCN(c3ncc(-c4nnc(C5CC5)o4)c(NCc4ccco4)n3)CC2)cc1. The first kappa shape index (κ1) is 20.5. The monoisotopic (exact) mass is 459 g/mol. The summed E-state index contributed by atoms with van der Waals surface area (Å²) in [5.41, 5.74) is 1.77. The Morgan fingerprint density at radius 3 is 2.53 bits per heavy atom. The van der Waals surface area contributed by atoms with Gasteiger partial charge in [-0.2, -0.15) is 4.98 Å². The third kappa shape index (κ3) is 4.26. The Kier molecular flexibility index (Phi) is 5.25. The van der Waals surface area contributed by atoms with Crippen LogP contribution in [0, 0.1) is 0 Å². The van der Waals surface area contributed by atoms with Gasteiger partial charge in [-0.25, -0.2) is 4.98 Å². The van der Waals surface area contributed by atoms with Crippen molar-refractivity contribution in [2.24, 2.45) is 0 Å². The summed E-state index contributed by atoms with van der Waals surface area (Å²) < 4.78 is 11.4. The summed E-state index contributed by atoms with van der Waals surface area (Å²) in [6, 6.07) is 11.1. The number of nitrogens with zero attached hydrogens (tertiary/aromatic N) is 6. The highest BCUT2D eigenvalue weighted by Gasteiger charge is 2.30. The van der Waals surface area contributed by atoms with E-state index in [1.54, 1.807) is 24.6 Å². The molecule has 4 aromatic rings. The molecule has 34 heavy (non-hydrogen) atoms. The van der Waals surface area contributed by atoms with Crippen molar-refractivity contribution in [3.05, 3.63) is 60.5 Å². The number of nitrogens with one attached hydrogen (secondary N) is 1. The molecule has 3 aromatic heterocycles. The van der Waals surface area contributed by atoms with Crippen LogP contribution in [0.2, 0.25) is 0 Å². The molecule has 2 N–H and O–H groups in total. The maximum absolute atomic E-state index is 9.54. The highest BCUT2D eigenvalue weighted by Crippen LogP contribution is 2.40. The maximum atomic E-state index is 9.54. The van der Waals surface area contributed by atoms with E-state index in [1.165, 1.54) is 0 Å². The lowest BCUT2D eigenvalue weighted by molar-refractivity contribution is 0.475. The quantitative estimate of drug-likeness (QED) is 0.424. The third-order valence-corrected chi connectivity index (χ3v) is 6.16. The lowest BCUT2D eigenvalue weighted by Crippen LogP contribution is -2.47. The number of phenolic OH excluding ortho intramolecular Hbond substituents is 1. The topological polar surface area (TPSA) is 117 Å². The van der Waals surface area contributed by atoms with Gasteiger partial charge < -0.3 is 29.1 Å². The first-order chi connectivity index (χ1) is 16.7. The molecular weight excluding hydrogens is 434 g/mol. The van der Waals surface area contributed by atoms with Crippen molar-refractivity contribution >= 4 is 17.5 Å². The Morgan fingerprint density at radius 1 is 1.00 bits per heavy atom. The summed E-state index contributed by atoms with van der Waals surface area (Å²) in [6.07, 6.45) is 5.59. The van der Waals surface area contributed by atoms with Crippen LogP contribution < -0.4 is 15.1 Å². The molecule has 1 aromatic carbocycles. The molecule has 0 amide bonds. The van der Waals surface area contributed by atoms with E-state index >= 15 is 0 Å². The van der Waals surface area contributed by atoms with E-state index in [0.29, 0.717) is 41.6 Å². The predicted octanol–water partition coefficient (Wildman–Crippen LogP) is 3.64. The van der Waals surface area contributed by atoms with Crippen LogP contribution in [-0.4, -0.2) is 51.5 Å². The van der Waals surface area contributed by atoms with Gasteiger partial charge >= 0.3 is 0 Å². The number of furan rings is 1. The Morgan fingerprint density at radius 2 is 1.79 bits per heavy atom. The lowest BCUT2D eigenvalue weighted by atomic mass is 10.2. The van der Waals surface area contributed by atoms with Crippen LogP contribution in [0.1, 0.15) is 30.4 Å². The summed E-state index contributed by atoms with van der Waals surface area (Å²) in [5.74, 6) is 3.85. The molecule has 2 aliphatic rings. The first-order valence-electron chi connectivity index (χ1n) is 11.5. The minimum absolute atomic E-state index is 0.274. The van der Waals surface area contributed by atoms with Crippen LogP contribution in [0.5, 0.6) is 5.75 Å². The molecule has 1 saturated heterocycles. The second-order valence-electron chi connectivity index (χ2n) is 8.58. The van der Waals surface area contributed by atoms with Crippen LogP contribution in [0.3, 0.4) is 0 Å². The number of aromatic hydroxyl groups is 1. The summed E-state index contributed by atoms with van der Waals surface area (Å²) in [7, 11) is 0. The van der Waals surface area contributed by atoms with E-state index in [1.807, 2.05) is 24.3 Å². The van der Waals surface area contributed by atoms with Crippen LogP contribution in [0.4, 0.5) is 17.5 Å². The molecule has 0 spiro atoms. The number of hydrogen-bond acceptors (Lipinski definition) is 10. The zero-order valence-electron chi connectivity index (χ0n) is 18.6. The van der Waals surface area contributed by atoms with Crippen LogP contribution in [0.15, 0.2) is 57.7 Å². The van der Waals surface area contributed by atoms with Crippen molar-refractivity contribution in [1.29, 1.82) is 0 Å². The number of aromatic nitrogens is 4. The van der Waals surface area contributed by atoms with Gasteiger partial charge in [-0.05, 0) is 49.2 Å². The molecule has 6 rings (SSSR count). The van der Waals surface area contributed by atoms with E-state index in [4.69, 9.17) is 13.8 Å². The molecule has 4 heterocycles. The average Bonchev–Trinajstić information content (AvgIpc) is 3.37. The molecule has 0 atom stereocenters. The lowest BCUT2D eigenvalue weighted by Gasteiger charge is -2.36. The minimum atomic E-state index is 0.274. The molecule has 1 aliphatic carbocycles. The molecule has 10 heteroatoms. The van der Waals surface area contributed by atoms with Crippen molar-refractivity contribution in [1.82, 2.24) is 20.2 Å². The van der Waals surface area contributed by atoms with Gasteiger partial charge in [-0.1, -0.05) is 0 Å². The number of piperazine rings is 1. The standard InChI is InChI=1S/C24H25N7O3/c32-18-7-5-17(6-8-18)30-9-11-31(12-10-30)24-26-15-20(23-29-28-22(34-23)16-3-4-16)21(27-24)25-14-19-2-1-13-33-19/h1-2,5-8,13,15-16,32H,3-4,9-12,14H2,(H,25,26,27). The zero-order chi connectivity index (χ0) is 22.9. The molecular formula is C24H25N7O3. The van der Waals surface area contributed by atoms with Crippen molar-refractivity contribution in [3.63, 3.8) is 0 Å². The normalized spacial score (nSPS) is 16.1. The van der Waals surface area contributed by atoms with E-state index < -0.39 is 0 Å². The van der Waals surface area contributed by atoms with Gasteiger partial charge in [0.15, 0.2) is 0 Å². The van der Waals surface area contributed by atoms with Crippen molar-refractivity contribution in [2.45, 2.75) is 25.3 Å². The molecule has 0 radical (unpaired) electrons. The highest BCUT2D eigenvalue weighted by molar-refractivity contribution is 5.69. The number of phenols is 1. The van der Waals surface area contributed by atoms with E-state index in [0.717, 1.165) is 50.5 Å². The Bertz CT molecular complexity index is 1240. The molecule has 1 aliphatic heterocycles. The van der Waals surface area contributed by atoms with E-state index in [-0.39, 0.29) is 5.75 Å². The zero-order valence-corrected chi connectivity index (χ0v) is 18.6. The molecule has 10 nitrogen and oxygen atoms in total. The third-order valence-electron chi connectivity index (χ3n) is 6.16. The smallest absolute Gasteiger partial charge is 0.253 e. The van der Waals surface area contributed by atoms with Crippen LogP contribution in [-0.2, 0) is 6.54 Å². The average molecular weight is 460 g/mol. The number of anilines is 3. The largest absolute Gasteiger partial charge is 0.508 e. The Balaban J connectivity index is 1.22. The fourth-order valence-corrected chi connectivity index (χ4v) is 4.07. The number of benzene rings is 1. The Labute approximate surface area is 196 Å². The minimum Gasteiger partial charge on any atom is -0.508 e. The van der Waals surface area contributed by atoms with E-state index in [2.05, 4.69) is 30.3 Å². The molecule has 0 bridgehead atoms. The van der Waals surface area contributed by atoms with Gasteiger partial charge in [-0.15, -0.1) is 10.2 Å². The highest BCUT2D eigenvalue weighted by atomic mass is 16.4. The Hall–Kier alpha value is -4.08. The van der Waals surface area contributed by atoms with Crippen molar-refractivity contribution < 1.29 is 13.9 Å². The van der Waals surface area contributed by atoms with Gasteiger partial charge in [0.25, 0.3) is 5.89 Å². The fourth-order valence-electron chi connectivity index (χ4n) is 4.07.